The molecular weight excluding hydrogens is 206 g/mol. The molecule has 1 aromatic rings. The van der Waals surface area contributed by atoms with Crippen molar-refractivity contribution in [3.05, 3.63) is 23.8 Å². The van der Waals surface area contributed by atoms with Crippen molar-refractivity contribution in [3.8, 4) is 0 Å². The quantitative estimate of drug-likeness (QED) is 0.797. The topological polar surface area (TPSA) is 43.1 Å². The van der Waals surface area contributed by atoms with Crippen molar-refractivity contribution in [2.45, 2.75) is 31.1 Å². The Balaban J connectivity index is 2.05. The first-order valence-electron chi connectivity index (χ1n) is 5.41. The van der Waals surface area contributed by atoms with Crippen LogP contribution in [0.1, 0.15) is 24.8 Å². The van der Waals surface area contributed by atoms with E-state index in [1.807, 2.05) is 25.1 Å². The van der Waals surface area contributed by atoms with Crippen LogP contribution in [-0.4, -0.2) is 9.96 Å². The van der Waals surface area contributed by atoms with Crippen LogP contribution in [0.25, 0.3) is 0 Å². The average molecular weight is 223 g/mol. The first-order valence-corrected chi connectivity index (χ1v) is 6.73. The third-order valence-electron chi connectivity index (χ3n) is 2.82. The molecule has 2 nitrogen and oxygen atoms in total. The Hall–Kier alpha value is -0.830. The third-order valence-corrected chi connectivity index (χ3v) is 4.27. The van der Waals surface area contributed by atoms with Gasteiger partial charge in [0.15, 0.2) is 0 Å². The zero-order chi connectivity index (χ0) is 10.8. The summed E-state index contributed by atoms with van der Waals surface area (Å²) in [6, 6.07) is 5.74. The van der Waals surface area contributed by atoms with Gasteiger partial charge >= 0.3 is 0 Å². The molecule has 0 radical (unpaired) electrons. The molecular formula is C12H17NOS. The predicted octanol–water partition coefficient (Wildman–Crippen LogP) is 2.48. The van der Waals surface area contributed by atoms with Gasteiger partial charge in [0.05, 0.1) is 15.7 Å². The zero-order valence-corrected chi connectivity index (χ0v) is 9.85. The van der Waals surface area contributed by atoms with Crippen LogP contribution < -0.4 is 5.73 Å². The van der Waals surface area contributed by atoms with Crippen molar-refractivity contribution in [3.63, 3.8) is 0 Å². The Labute approximate surface area is 93.3 Å². The zero-order valence-electron chi connectivity index (χ0n) is 9.03. The van der Waals surface area contributed by atoms with Gasteiger partial charge in [0.25, 0.3) is 0 Å². The maximum Gasteiger partial charge on any atom is 0.0620 e. The number of hydrogen-bond acceptors (Lipinski definition) is 2. The molecule has 0 saturated heterocycles. The molecule has 0 spiro atoms. The molecule has 0 aliphatic heterocycles. The molecule has 82 valence electrons. The molecule has 1 unspecified atom stereocenters. The number of benzene rings is 1. The van der Waals surface area contributed by atoms with E-state index in [-0.39, 0.29) is 0 Å². The lowest BCUT2D eigenvalue weighted by Gasteiger charge is -2.06. The van der Waals surface area contributed by atoms with Crippen LogP contribution in [0.5, 0.6) is 0 Å². The van der Waals surface area contributed by atoms with E-state index in [0.29, 0.717) is 5.69 Å². The summed E-state index contributed by atoms with van der Waals surface area (Å²) < 4.78 is 12.0. The van der Waals surface area contributed by atoms with Gasteiger partial charge in [0, 0.05) is 11.4 Å². The van der Waals surface area contributed by atoms with Crippen LogP contribution >= 0.6 is 0 Å². The fourth-order valence-corrected chi connectivity index (χ4v) is 3.04. The second-order valence-corrected chi connectivity index (χ2v) is 5.86. The second kappa shape index (κ2) is 4.35. The molecule has 1 saturated carbocycles. The SMILES string of the molecule is Cc1ccc(N)c(S(=O)CCC2CC2)c1. The first-order chi connectivity index (χ1) is 7.16. The number of nitrogen functional groups attached to an aromatic ring is 1. The summed E-state index contributed by atoms with van der Waals surface area (Å²) in [4.78, 5) is 0.815. The van der Waals surface area contributed by atoms with Crippen molar-refractivity contribution < 1.29 is 4.21 Å². The molecule has 3 heteroatoms. The molecule has 1 fully saturated rings. The molecule has 0 amide bonds. The highest BCUT2D eigenvalue weighted by molar-refractivity contribution is 7.85. The van der Waals surface area contributed by atoms with E-state index in [2.05, 4.69) is 0 Å². The van der Waals surface area contributed by atoms with E-state index in [0.717, 1.165) is 28.6 Å². The Morgan fingerprint density at radius 1 is 1.47 bits per heavy atom. The Morgan fingerprint density at radius 2 is 2.20 bits per heavy atom. The smallest absolute Gasteiger partial charge is 0.0620 e. The van der Waals surface area contributed by atoms with Crippen molar-refractivity contribution in [1.29, 1.82) is 0 Å². The molecule has 1 aromatic carbocycles. The lowest BCUT2D eigenvalue weighted by atomic mass is 10.2. The Morgan fingerprint density at radius 3 is 2.87 bits per heavy atom. The minimum atomic E-state index is -0.911. The van der Waals surface area contributed by atoms with Gasteiger partial charge in [-0.15, -0.1) is 0 Å². The largest absolute Gasteiger partial charge is 0.398 e. The lowest BCUT2D eigenvalue weighted by Crippen LogP contribution is -2.03. The van der Waals surface area contributed by atoms with Gasteiger partial charge in [0.1, 0.15) is 0 Å². The van der Waals surface area contributed by atoms with E-state index in [1.54, 1.807) is 0 Å². The number of anilines is 1. The van der Waals surface area contributed by atoms with Gasteiger partial charge in [-0.3, -0.25) is 4.21 Å². The normalized spacial score (nSPS) is 17.7. The van der Waals surface area contributed by atoms with Crippen LogP contribution in [0, 0.1) is 12.8 Å². The molecule has 0 bridgehead atoms. The number of nitrogens with two attached hydrogens (primary N) is 1. The molecule has 2 N–H and O–H groups in total. The van der Waals surface area contributed by atoms with Crippen LogP contribution in [0.2, 0.25) is 0 Å². The lowest BCUT2D eigenvalue weighted by molar-refractivity contribution is 0.676. The van der Waals surface area contributed by atoms with Gasteiger partial charge < -0.3 is 5.73 Å². The van der Waals surface area contributed by atoms with Crippen LogP contribution in [0.3, 0.4) is 0 Å². The van der Waals surface area contributed by atoms with Gasteiger partial charge in [0.2, 0.25) is 0 Å². The predicted molar refractivity (Wildman–Crippen MR) is 64.2 cm³/mol. The van der Waals surface area contributed by atoms with E-state index in [1.165, 1.54) is 12.8 Å². The summed E-state index contributed by atoms with van der Waals surface area (Å²) in [6.07, 6.45) is 3.72. The van der Waals surface area contributed by atoms with Gasteiger partial charge in [-0.2, -0.15) is 0 Å². The molecule has 0 aromatic heterocycles. The number of rotatable bonds is 4. The fourth-order valence-electron chi connectivity index (χ4n) is 1.63. The summed E-state index contributed by atoms with van der Waals surface area (Å²) in [5, 5.41) is 0. The highest BCUT2D eigenvalue weighted by Gasteiger charge is 2.22. The van der Waals surface area contributed by atoms with Crippen molar-refractivity contribution in [1.82, 2.24) is 0 Å². The van der Waals surface area contributed by atoms with Gasteiger partial charge in [-0.05, 0) is 37.0 Å². The summed E-state index contributed by atoms with van der Waals surface area (Å²) in [7, 11) is -0.911. The average Bonchev–Trinajstić information content (AvgIpc) is 3.02. The highest BCUT2D eigenvalue weighted by atomic mass is 32.2. The third kappa shape index (κ3) is 2.81. The van der Waals surface area contributed by atoms with Crippen molar-refractivity contribution in [2.24, 2.45) is 5.92 Å². The standard InChI is InChI=1S/C12H17NOS/c1-9-2-5-11(13)12(8-9)15(14)7-6-10-3-4-10/h2,5,8,10H,3-4,6-7,13H2,1H3. The maximum atomic E-state index is 12.0. The van der Waals surface area contributed by atoms with Gasteiger partial charge in [-0.25, -0.2) is 0 Å². The molecule has 1 aliphatic carbocycles. The van der Waals surface area contributed by atoms with Crippen LogP contribution in [0.15, 0.2) is 23.1 Å². The minimum absolute atomic E-state index is 0.662. The summed E-state index contributed by atoms with van der Waals surface area (Å²) >= 11 is 0. The number of hydrogen-bond donors (Lipinski definition) is 1. The van der Waals surface area contributed by atoms with Gasteiger partial charge in [-0.1, -0.05) is 18.9 Å². The second-order valence-electron chi connectivity index (χ2n) is 4.32. The minimum Gasteiger partial charge on any atom is -0.398 e. The van der Waals surface area contributed by atoms with Crippen LogP contribution in [0.4, 0.5) is 5.69 Å². The summed E-state index contributed by atoms with van der Waals surface area (Å²) in [5.41, 5.74) is 7.61. The Kier molecular flexibility index (Phi) is 3.10. The summed E-state index contributed by atoms with van der Waals surface area (Å²) in [6.45, 7) is 2.00. The van der Waals surface area contributed by atoms with Crippen LogP contribution in [-0.2, 0) is 10.8 Å². The highest BCUT2D eigenvalue weighted by Crippen LogP contribution is 2.33. The molecule has 15 heavy (non-hydrogen) atoms. The molecule has 1 aliphatic rings. The van der Waals surface area contributed by atoms with E-state index >= 15 is 0 Å². The number of aryl methyl sites for hydroxylation is 1. The molecule has 0 heterocycles. The van der Waals surface area contributed by atoms with E-state index in [4.69, 9.17) is 5.73 Å². The summed E-state index contributed by atoms with van der Waals surface area (Å²) in [5.74, 6) is 1.60. The Bertz CT molecular complexity index is 385. The van der Waals surface area contributed by atoms with E-state index in [9.17, 15) is 4.21 Å². The van der Waals surface area contributed by atoms with E-state index < -0.39 is 10.8 Å². The molecule has 2 rings (SSSR count). The van der Waals surface area contributed by atoms with Crippen molar-refractivity contribution in [2.75, 3.05) is 11.5 Å². The molecule has 1 atom stereocenters. The monoisotopic (exact) mass is 223 g/mol. The first kappa shape index (κ1) is 10.7. The fraction of sp³-hybridized carbons (Fsp3) is 0.500. The van der Waals surface area contributed by atoms with Crippen molar-refractivity contribution >= 4 is 16.5 Å². The maximum absolute atomic E-state index is 12.0.